The number of aliphatic hydroxyl groups is 1. The van der Waals surface area contributed by atoms with Crippen molar-refractivity contribution in [2.24, 2.45) is 0 Å². The van der Waals surface area contributed by atoms with Crippen LogP contribution in [0.1, 0.15) is 27.2 Å². The summed E-state index contributed by atoms with van der Waals surface area (Å²) < 4.78 is 5.04. The summed E-state index contributed by atoms with van der Waals surface area (Å²) in [4.78, 5) is 12.5. The second-order valence-electron chi connectivity index (χ2n) is 3.94. The van der Waals surface area contributed by atoms with Crippen molar-refractivity contribution < 1.29 is 14.6 Å². The molecule has 1 atom stereocenters. The summed E-state index contributed by atoms with van der Waals surface area (Å²) >= 11 is 0. The highest BCUT2D eigenvalue weighted by atomic mass is 16.6. The van der Waals surface area contributed by atoms with Crippen LogP contribution in [-0.2, 0) is 4.74 Å². The van der Waals surface area contributed by atoms with Gasteiger partial charge in [0, 0.05) is 13.0 Å². The highest BCUT2D eigenvalue weighted by Crippen LogP contribution is 2.18. The van der Waals surface area contributed by atoms with Crippen molar-refractivity contribution in [3.63, 3.8) is 0 Å². The van der Waals surface area contributed by atoms with Crippen LogP contribution in [-0.4, -0.2) is 34.5 Å². The van der Waals surface area contributed by atoms with Gasteiger partial charge in [0.15, 0.2) is 0 Å². The quantitative estimate of drug-likeness (QED) is 0.593. The Morgan fingerprint density at radius 1 is 1.58 bits per heavy atom. The lowest BCUT2D eigenvalue weighted by atomic mass is 10.2. The van der Waals surface area contributed by atoms with Crippen LogP contribution >= 0.6 is 0 Å². The van der Waals surface area contributed by atoms with E-state index in [-0.39, 0.29) is 0 Å². The van der Waals surface area contributed by atoms with Gasteiger partial charge in [0.1, 0.15) is 11.8 Å². The first-order valence-corrected chi connectivity index (χ1v) is 4.08. The number of rotatable bonds is 0. The van der Waals surface area contributed by atoms with Crippen molar-refractivity contribution in [3.05, 3.63) is 0 Å². The summed E-state index contributed by atoms with van der Waals surface area (Å²) in [5, 5.41) is 9.10. The van der Waals surface area contributed by atoms with E-state index in [0.717, 1.165) is 0 Å². The zero-order chi connectivity index (χ0) is 9.35. The maximum absolute atomic E-state index is 11.2. The van der Waals surface area contributed by atoms with Gasteiger partial charge >= 0.3 is 6.09 Å². The largest absolute Gasteiger partial charge is 0.444 e. The van der Waals surface area contributed by atoms with E-state index in [9.17, 15) is 4.79 Å². The molecule has 1 amide bonds. The zero-order valence-corrected chi connectivity index (χ0v) is 7.70. The summed E-state index contributed by atoms with van der Waals surface area (Å²) in [5.74, 6) is 0. The maximum atomic E-state index is 11.2. The summed E-state index contributed by atoms with van der Waals surface area (Å²) in [7, 11) is 0. The van der Waals surface area contributed by atoms with E-state index in [1.165, 1.54) is 4.90 Å². The van der Waals surface area contributed by atoms with Gasteiger partial charge in [0.2, 0.25) is 0 Å². The molecule has 0 aromatic heterocycles. The fourth-order valence-electron chi connectivity index (χ4n) is 0.907. The van der Waals surface area contributed by atoms with Crippen LogP contribution in [0.25, 0.3) is 0 Å². The number of likely N-dealkylation sites (tertiary alicyclic amines) is 1. The Kier molecular flexibility index (Phi) is 2.28. The molecule has 1 heterocycles. The van der Waals surface area contributed by atoms with Gasteiger partial charge in [0.05, 0.1) is 0 Å². The van der Waals surface area contributed by atoms with Crippen LogP contribution in [0.4, 0.5) is 4.79 Å². The summed E-state index contributed by atoms with van der Waals surface area (Å²) in [6, 6.07) is 0. The number of amides is 1. The van der Waals surface area contributed by atoms with E-state index in [1.54, 1.807) is 20.8 Å². The topological polar surface area (TPSA) is 49.8 Å². The minimum atomic E-state index is -0.639. The van der Waals surface area contributed by atoms with Crippen molar-refractivity contribution in [3.8, 4) is 0 Å². The molecule has 1 rings (SSSR count). The molecule has 70 valence electrons. The van der Waals surface area contributed by atoms with Gasteiger partial charge in [-0.15, -0.1) is 0 Å². The van der Waals surface area contributed by atoms with Gasteiger partial charge < -0.3 is 9.84 Å². The molecule has 0 radical (unpaired) electrons. The van der Waals surface area contributed by atoms with Gasteiger partial charge in [0.25, 0.3) is 0 Å². The Balaban J connectivity index is 2.39. The second-order valence-corrected chi connectivity index (χ2v) is 3.94. The molecular formula is C8H15NO3. The predicted octanol–water partition coefficient (Wildman–Crippen LogP) is 0.946. The third kappa shape index (κ3) is 2.11. The Morgan fingerprint density at radius 3 is 2.42 bits per heavy atom. The molecular weight excluding hydrogens is 158 g/mol. The van der Waals surface area contributed by atoms with Crippen LogP contribution in [0.3, 0.4) is 0 Å². The monoisotopic (exact) mass is 173 g/mol. The van der Waals surface area contributed by atoms with E-state index in [0.29, 0.717) is 13.0 Å². The SMILES string of the molecule is CC(C)(C)OC(=O)N1CC[C@@H]1O. The Morgan fingerprint density at radius 2 is 2.17 bits per heavy atom. The fraction of sp³-hybridized carbons (Fsp3) is 0.875. The Bertz CT molecular complexity index is 185. The summed E-state index contributed by atoms with van der Waals surface area (Å²) in [5.41, 5.74) is -0.480. The Labute approximate surface area is 72.1 Å². The molecule has 1 saturated heterocycles. The number of hydrogen-bond acceptors (Lipinski definition) is 3. The average molecular weight is 173 g/mol. The third-order valence-electron chi connectivity index (χ3n) is 1.62. The van der Waals surface area contributed by atoms with Crippen LogP contribution < -0.4 is 0 Å². The molecule has 0 spiro atoms. The first kappa shape index (κ1) is 9.32. The van der Waals surface area contributed by atoms with Gasteiger partial charge in [-0.2, -0.15) is 0 Å². The first-order valence-electron chi connectivity index (χ1n) is 4.08. The average Bonchev–Trinajstić information content (AvgIpc) is 1.79. The molecule has 0 unspecified atom stereocenters. The lowest BCUT2D eigenvalue weighted by molar-refractivity contribution is -0.0793. The molecule has 1 aliphatic rings. The minimum Gasteiger partial charge on any atom is -0.444 e. The van der Waals surface area contributed by atoms with E-state index in [1.807, 2.05) is 0 Å². The van der Waals surface area contributed by atoms with Crippen molar-refractivity contribution in [2.45, 2.75) is 39.0 Å². The number of aliphatic hydroxyl groups excluding tert-OH is 1. The molecule has 0 saturated carbocycles. The number of ether oxygens (including phenoxy) is 1. The van der Waals surface area contributed by atoms with E-state index in [2.05, 4.69) is 0 Å². The number of nitrogens with zero attached hydrogens (tertiary/aromatic N) is 1. The van der Waals surface area contributed by atoms with E-state index < -0.39 is 17.9 Å². The maximum Gasteiger partial charge on any atom is 0.412 e. The Hall–Kier alpha value is -0.770. The number of hydrogen-bond donors (Lipinski definition) is 1. The lowest BCUT2D eigenvalue weighted by Crippen LogP contribution is -2.52. The van der Waals surface area contributed by atoms with Gasteiger partial charge in [-0.25, -0.2) is 4.79 Å². The third-order valence-corrected chi connectivity index (χ3v) is 1.62. The molecule has 0 aromatic rings. The fourth-order valence-corrected chi connectivity index (χ4v) is 0.907. The van der Waals surface area contributed by atoms with Crippen molar-refractivity contribution in [2.75, 3.05) is 6.54 Å². The molecule has 4 heteroatoms. The molecule has 0 bridgehead atoms. The van der Waals surface area contributed by atoms with Crippen LogP contribution in [0.15, 0.2) is 0 Å². The van der Waals surface area contributed by atoms with Gasteiger partial charge in [-0.3, -0.25) is 4.90 Å². The number of carbonyl (C=O) groups excluding carboxylic acids is 1. The zero-order valence-electron chi connectivity index (χ0n) is 7.70. The van der Waals surface area contributed by atoms with Crippen molar-refractivity contribution >= 4 is 6.09 Å². The van der Waals surface area contributed by atoms with Crippen LogP contribution in [0.5, 0.6) is 0 Å². The highest BCUT2D eigenvalue weighted by molar-refractivity contribution is 5.69. The molecule has 1 fully saturated rings. The molecule has 0 aliphatic carbocycles. The molecule has 12 heavy (non-hydrogen) atoms. The molecule has 1 N–H and O–H groups in total. The lowest BCUT2D eigenvalue weighted by Gasteiger charge is -2.37. The normalized spacial score (nSPS) is 23.3. The summed E-state index contributed by atoms with van der Waals surface area (Å²) in [6.07, 6.45) is -0.416. The second kappa shape index (κ2) is 2.94. The minimum absolute atomic E-state index is 0.429. The first-order chi connectivity index (χ1) is 5.40. The number of carbonyl (C=O) groups is 1. The smallest absolute Gasteiger partial charge is 0.412 e. The van der Waals surface area contributed by atoms with Crippen molar-refractivity contribution in [1.82, 2.24) is 4.90 Å². The van der Waals surface area contributed by atoms with Gasteiger partial charge in [-0.1, -0.05) is 0 Å². The standard InChI is InChI=1S/C8H15NO3/c1-8(2,3)12-7(11)9-5-4-6(9)10/h6,10H,4-5H2,1-3H3/t6-/m0/s1. The van der Waals surface area contributed by atoms with Crippen molar-refractivity contribution in [1.29, 1.82) is 0 Å². The molecule has 0 aromatic carbocycles. The molecule has 4 nitrogen and oxygen atoms in total. The van der Waals surface area contributed by atoms with Crippen LogP contribution in [0, 0.1) is 0 Å². The van der Waals surface area contributed by atoms with E-state index in [4.69, 9.17) is 9.84 Å². The molecule has 1 aliphatic heterocycles. The summed E-state index contributed by atoms with van der Waals surface area (Å²) in [6.45, 7) is 6.00. The van der Waals surface area contributed by atoms with E-state index >= 15 is 0 Å². The highest BCUT2D eigenvalue weighted by Gasteiger charge is 2.33. The van der Waals surface area contributed by atoms with Crippen LogP contribution in [0.2, 0.25) is 0 Å². The predicted molar refractivity (Wildman–Crippen MR) is 43.6 cm³/mol. The van der Waals surface area contributed by atoms with Gasteiger partial charge in [-0.05, 0) is 20.8 Å².